The van der Waals surface area contributed by atoms with E-state index in [1.807, 2.05) is 83.4 Å². The van der Waals surface area contributed by atoms with Crippen LogP contribution in [0.3, 0.4) is 0 Å². The Kier molecular flexibility index (Phi) is 9.74. The Bertz CT molecular complexity index is 1310. The molecule has 1 N–H and O–H groups in total. The quantitative estimate of drug-likeness (QED) is 0.0986. The minimum Gasteiger partial charge on any atom is -0.494 e. The van der Waals surface area contributed by atoms with Crippen molar-refractivity contribution in [2.24, 2.45) is 5.10 Å². The molecule has 9 heteroatoms. The Morgan fingerprint density at radius 1 is 1.03 bits per heavy atom. The summed E-state index contributed by atoms with van der Waals surface area (Å²) in [5.41, 5.74) is 5.21. The third kappa shape index (κ3) is 7.68. The van der Waals surface area contributed by atoms with E-state index in [-0.39, 0.29) is 11.7 Å². The van der Waals surface area contributed by atoms with Crippen LogP contribution in [-0.2, 0) is 4.79 Å². The van der Waals surface area contributed by atoms with E-state index in [1.54, 1.807) is 6.21 Å². The van der Waals surface area contributed by atoms with E-state index in [1.165, 1.54) is 18.2 Å². The number of unbranched alkanes of at least 4 members (excludes halogenated alkanes) is 2. The van der Waals surface area contributed by atoms with Gasteiger partial charge in [0.05, 0.1) is 18.6 Å². The molecule has 0 radical (unpaired) electrons. The van der Waals surface area contributed by atoms with E-state index in [0.717, 1.165) is 35.4 Å². The number of nitrogens with zero attached hydrogens (tertiary/aromatic N) is 4. The number of hydrogen-bond acceptors (Lipinski definition) is 6. The van der Waals surface area contributed by atoms with Crippen LogP contribution < -0.4 is 10.2 Å². The molecule has 0 aliphatic heterocycles. The van der Waals surface area contributed by atoms with Crippen LogP contribution in [0.15, 0.2) is 89.1 Å². The predicted molar refractivity (Wildman–Crippen MR) is 150 cm³/mol. The smallest absolute Gasteiger partial charge is 0.250 e. The van der Waals surface area contributed by atoms with Gasteiger partial charge in [-0.25, -0.2) is 5.43 Å². The van der Waals surface area contributed by atoms with E-state index in [4.69, 9.17) is 16.3 Å². The van der Waals surface area contributed by atoms with Gasteiger partial charge in [0.15, 0.2) is 11.0 Å². The van der Waals surface area contributed by atoms with Gasteiger partial charge in [-0.3, -0.25) is 9.36 Å². The molecule has 0 aliphatic rings. The van der Waals surface area contributed by atoms with Crippen molar-refractivity contribution in [2.45, 2.75) is 31.3 Å². The van der Waals surface area contributed by atoms with Crippen molar-refractivity contribution in [1.29, 1.82) is 0 Å². The molecule has 0 fully saturated rings. The van der Waals surface area contributed by atoms with Gasteiger partial charge in [-0.1, -0.05) is 61.3 Å². The summed E-state index contributed by atoms with van der Waals surface area (Å²) < 4.78 is 7.65. The lowest BCUT2D eigenvalue weighted by atomic mass is 10.2. The van der Waals surface area contributed by atoms with Gasteiger partial charge in [-0.2, -0.15) is 5.10 Å². The largest absolute Gasteiger partial charge is 0.494 e. The SMILES string of the molecule is CCCCCOc1ccc(/C=N/NC(=O)CSc2nnc(-c3ccc(Cl)cc3)n2-c2ccccc2)cc1. The minimum absolute atomic E-state index is 0.132. The number of thioether (sulfide) groups is 1. The number of hydrogen-bond donors (Lipinski definition) is 1. The maximum atomic E-state index is 12.5. The summed E-state index contributed by atoms with van der Waals surface area (Å²) in [6.45, 7) is 2.88. The first kappa shape index (κ1) is 26.4. The monoisotopic (exact) mass is 533 g/mol. The molecular formula is C28H28ClN5O2S. The Balaban J connectivity index is 1.36. The lowest BCUT2D eigenvalue weighted by Crippen LogP contribution is -2.20. The summed E-state index contributed by atoms with van der Waals surface area (Å²) in [4.78, 5) is 12.5. The molecule has 1 heterocycles. The highest BCUT2D eigenvalue weighted by molar-refractivity contribution is 7.99. The Hall–Kier alpha value is -3.62. The zero-order chi connectivity index (χ0) is 25.9. The second-order valence-electron chi connectivity index (χ2n) is 8.19. The van der Waals surface area contributed by atoms with Gasteiger partial charge in [0.1, 0.15) is 5.75 Å². The molecule has 0 aliphatic carbocycles. The standard InChI is InChI=1S/C28H28ClN5O2S/c1-2-3-7-18-36-25-16-10-21(11-17-25)19-30-31-26(35)20-37-28-33-32-27(22-12-14-23(29)15-13-22)34(28)24-8-5-4-6-9-24/h4-6,8-17,19H,2-3,7,18,20H2,1H3,(H,31,35)/b30-19+. The number of para-hydroxylation sites is 1. The number of halogens is 1. The molecule has 0 spiro atoms. The Morgan fingerprint density at radius 2 is 1.78 bits per heavy atom. The summed E-state index contributed by atoms with van der Waals surface area (Å²) in [6, 6.07) is 24.8. The number of aromatic nitrogens is 3. The van der Waals surface area contributed by atoms with Crippen molar-refractivity contribution in [3.63, 3.8) is 0 Å². The second kappa shape index (κ2) is 13.6. The molecule has 3 aromatic carbocycles. The van der Waals surface area contributed by atoms with Gasteiger partial charge in [-0.15, -0.1) is 10.2 Å². The van der Waals surface area contributed by atoms with Crippen LogP contribution in [0.25, 0.3) is 17.1 Å². The van der Waals surface area contributed by atoms with E-state index >= 15 is 0 Å². The van der Waals surface area contributed by atoms with Crippen LogP contribution in [0, 0.1) is 0 Å². The normalized spacial score (nSPS) is 11.1. The van der Waals surface area contributed by atoms with Crippen LogP contribution in [0.2, 0.25) is 5.02 Å². The third-order valence-electron chi connectivity index (χ3n) is 5.38. The number of carbonyl (C=O) groups excluding carboxylic acids is 1. The van der Waals surface area contributed by atoms with Gasteiger partial charge in [-0.05, 0) is 72.6 Å². The first-order valence-electron chi connectivity index (χ1n) is 12.1. The van der Waals surface area contributed by atoms with Crippen molar-refractivity contribution in [2.75, 3.05) is 12.4 Å². The molecule has 4 rings (SSSR count). The van der Waals surface area contributed by atoms with Gasteiger partial charge in [0.25, 0.3) is 5.91 Å². The fourth-order valence-electron chi connectivity index (χ4n) is 3.49. The van der Waals surface area contributed by atoms with Crippen LogP contribution in [0.4, 0.5) is 0 Å². The number of nitrogens with one attached hydrogen (secondary N) is 1. The van der Waals surface area contributed by atoms with Crippen LogP contribution in [0.1, 0.15) is 31.7 Å². The van der Waals surface area contributed by atoms with Crippen LogP contribution in [0.5, 0.6) is 5.75 Å². The predicted octanol–water partition coefficient (Wildman–Crippen LogP) is 6.40. The summed E-state index contributed by atoms with van der Waals surface area (Å²) >= 11 is 7.34. The molecule has 7 nitrogen and oxygen atoms in total. The topological polar surface area (TPSA) is 81.4 Å². The molecule has 37 heavy (non-hydrogen) atoms. The first-order valence-corrected chi connectivity index (χ1v) is 13.4. The average molecular weight is 534 g/mol. The van der Waals surface area contributed by atoms with Crippen molar-refractivity contribution in [3.05, 3.63) is 89.4 Å². The van der Waals surface area contributed by atoms with Crippen molar-refractivity contribution in [1.82, 2.24) is 20.2 Å². The fraction of sp³-hybridized carbons (Fsp3) is 0.214. The molecule has 4 aromatic rings. The zero-order valence-electron chi connectivity index (χ0n) is 20.5. The fourth-order valence-corrected chi connectivity index (χ4v) is 4.36. The van der Waals surface area contributed by atoms with Crippen LogP contribution in [-0.4, -0.2) is 39.2 Å². The highest BCUT2D eigenvalue weighted by atomic mass is 35.5. The Morgan fingerprint density at radius 3 is 2.51 bits per heavy atom. The van der Waals surface area contributed by atoms with Crippen LogP contribution >= 0.6 is 23.4 Å². The molecule has 0 saturated heterocycles. The lowest BCUT2D eigenvalue weighted by Gasteiger charge is -2.10. The summed E-state index contributed by atoms with van der Waals surface area (Å²) in [7, 11) is 0. The minimum atomic E-state index is -0.243. The Labute approximate surface area is 225 Å². The van der Waals surface area contributed by atoms with Gasteiger partial charge in [0.2, 0.25) is 0 Å². The van der Waals surface area contributed by atoms with Gasteiger partial charge >= 0.3 is 0 Å². The summed E-state index contributed by atoms with van der Waals surface area (Å²) in [6.07, 6.45) is 4.99. The second-order valence-corrected chi connectivity index (χ2v) is 9.57. The highest BCUT2D eigenvalue weighted by Crippen LogP contribution is 2.28. The van der Waals surface area contributed by atoms with E-state index in [0.29, 0.717) is 22.6 Å². The summed E-state index contributed by atoms with van der Waals surface area (Å²) in [5.74, 6) is 1.39. The number of carbonyl (C=O) groups is 1. The molecule has 0 saturated carbocycles. The van der Waals surface area contributed by atoms with Crippen molar-refractivity contribution >= 4 is 35.5 Å². The number of rotatable bonds is 12. The third-order valence-corrected chi connectivity index (χ3v) is 6.56. The van der Waals surface area contributed by atoms with Gasteiger partial charge < -0.3 is 4.74 Å². The van der Waals surface area contributed by atoms with E-state index in [9.17, 15) is 4.79 Å². The molecule has 1 amide bonds. The lowest BCUT2D eigenvalue weighted by molar-refractivity contribution is -0.118. The first-order chi connectivity index (χ1) is 18.1. The number of amides is 1. The average Bonchev–Trinajstić information content (AvgIpc) is 3.36. The number of hydrazone groups is 1. The summed E-state index contributed by atoms with van der Waals surface area (Å²) in [5, 5.41) is 14.1. The molecule has 1 aromatic heterocycles. The van der Waals surface area contributed by atoms with E-state index < -0.39 is 0 Å². The maximum Gasteiger partial charge on any atom is 0.250 e. The van der Waals surface area contributed by atoms with Crippen molar-refractivity contribution in [3.8, 4) is 22.8 Å². The molecule has 0 atom stereocenters. The molecule has 0 unspecified atom stereocenters. The van der Waals surface area contributed by atoms with Crippen molar-refractivity contribution < 1.29 is 9.53 Å². The molecular weight excluding hydrogens is 506 g/mol. The van der Waals surface area contributed by atoms with Gasteiger partial charge in [0, 0.05) is 16.3 Å². The zero-order valence-corrected chi connectivity index (χ0v) is 22.1. The number of benzene rings is 3. The number of ether oxygens (including phenoxy) is 1. The molecule has 190 valence electrons. The highest BCUT2D eigenvalue weighted by Gasteiger charge is 2.17. The van der Waals surface area contributed by atoms with E-state index in [2.05, 4.69) is 27.6 Å². The maximum absolute atomic E-state index is 12.5. The molecule has 0 bridgehead atoms.